The molecule has 1 saturated heterocycles. The second-order valence-electron chi connectivity index (χ2n) is 11.3. The monoisotopic (exact) mass is 512 g/mol. The van der Waals surface area contributed by atoms with E-state index in [4.69, 9.17) is 9.84 Å². The molecule has 0 saturated carbocycles. The molecule has 37 heavy (non-hydrogen) atoms. The summed E-state index contributed by atoms with van der Waals surface area (Å²) >= 11 is 0. The zero-order valence-electron chi connectivity index (χ0n) is 22.7. The van der Waals surface area contributed by atoms with Crippen LogP contribution >= 0.6 is 0 Å². The van der Waals surface area contributed by atoms with E-state index >= 15 is 0 Å². The number of benzene rings is 1. The van der Waals surface area contributed by atoms with Gasteiger partial charge in [0.15, 0.2) is 0 Å². The molecule has 2 aliphatic heterocycles. The van der Waals surface area contributed by atoms with E-state index in [-0.39, 0.29) is 23.0 Å². The highest BCUT2D eigenvalue weighted by Gasteiger charge is 2.24. The first-order chi connectivity index (χ1) is 17.7. The molecule has 1 aromatic rings. The van der Waals surface area contributed by atoms with Crippen molar-refractivity contribution in [3.05, 3.63) is 53.6 Å². The molecule has 0 bridgehead atoms. The van der Waals surface area contributed by atoms with Crippen LogP contribution in [0.3, 0.4) is 0 Å². The fraction of sp³-hybridized carbons (Fsp3) is 0.600. The maximum Gasteiger partial charge on any atom is 0.335 e. The molecular weight excluding hydrogens is 468 g/mol. The Hall–Kier alpha value is -2.48. The van der Waals surface area contributed by atoms with Gasteiger partial charge in [-0.25, -0.2) is 4.79 Å². The van der Waals surface area contributed by atoms with Gasteiger partial charge >= 0.3 is 5.97 Å². The van der Waals surface area contributed by atoms with Crippen LogP contribution in [0.5, 0.6) is 0 Å². The van der Waals surface area contributed by atoms with Crippen molar-refractivity contribution in [2.45, 2.75) is 65.4 Å². The first-order valence-corrected chi connectivity index (χ1v) is 13.6. The van der Waals surface area contributed by atoms with Crippen molar-refractivity contribution in [1.29, 1.82) is 0 Å². The molecular formula is C30H44N2O5. The summed E-state index contributed by atoms with van der Waals surface area (Å²) in [6.07, 6.45) is 13.3. The Labute approximate surface area is 221 Å². The largest absolute Gasteiger partial charge is 0.478 e. The number of carboxylic acid groups (broad SMARTS) is 1. The number of anilines is 1. The summed E-state index contributed by atoms with van der Waals surface area (Å²) in [6, 6.07) is 6.29. The SMILES string of the molecule is CC1CCC(C)(C)C/C=C(CN2CCCC(CN(C(=O)CO)c3ccc(C(=O)O)cc3)CC2)\C=C/CO1. The van der Waals surface area contributed by atoms with Crippen molar-refractivity contribution in [2.75, 3.05) is 44.3 Å². The summed E-state index contributed by atoms with van der Waals surface area (Å²) in [5, 5.41) is 18.7. The summed E-state index contributed by atoms with van der Waals surface area (Å²) < 4.78 is 5.95. The molecule has 0 radical (unpaired) electrons. The number of hydrogen-bond donors (Lipinski definition) is 2. The third-order valence-corrected chi connectivity index (χ3v) is 7.60. The first kappa shape index (κ1) is 29.1. The minimum Gasteiger partial charge on any atom is -0.478 e. The second kappa shape index (κ2) is 13.9. The highest BCUT2D eigenvalue weighted by atomic mass is 16.5. The van der Waals surface area contributed by atoms with E-state index in [1.165, 1.54) is 17.7 Å². The van der Waals surface area contributed by atoms with Gasteiger partial charge in [-0.05, 0) is 99.7 Å². The maximum absolute atomic E-state index is 12.6. The predicted molar refractivity (Wildman–Crippen MR) is 147 cm³/mol. The van der Waals surface area contributed by atoms with E-state index in [1.807, 2.05) is 0 Å². The van der Waals surface area contributed by atoms with Crippen molar-refractivity contribution >= 4 is 17.6 Å². The van der Waals surface area contributed by atoms with Crippen molar-refractivity contribution in [3.63, 3.8) is 0 Å². The Morgan fingerprint density at radius 2 is 1.89 bits per heavy atom. The van der Waals surface area contributed by atoms with Gasteiger partial charge in [-0.15, -0.1) is 0 Å². The third kappa shape index (κ3) is 9.40. The molecule has 3 rings (SSSR count). The lowest BCUT2D eigenvalue weighted by Crippen LogP contribution is -2.37. The number of nitrogens with zero attached hydrogens (tertiary/aromatic N) is 2. The van der Waals surface area contributed by atoms with Gasteiger partial charge in [0.1, 0.15) is 6.61 Å². The lowest BCUT2D eigenvalue weighted by molar-refractivity contribution is -0.121. The van der Waals surface area contributed by atoms with Crippen LogP contribution in [-0.4, -0.2) is 72.5 Å². The topological polar surface area (TPSA) is 90.3 Å². The van der Waals surface area contributed by atoms with Gasteiger partial charge in [-0.1, -0.05) is 32.1 Å². The molecule has 0 aliphatic carbocycles. The first-order valence-electron chi connectivity index (χ1n) is 13.6. The van der Waals surface area contributed by atoms with Crippen LogP contribution in [-0.2, 0) is 9.53 Å². The normalized spacial score (nSPS) is 25.7. The molecule has 2 atom stereocenters. The quantitative estimate of drug-likeness (QED) is 0.540. The minimum atomic E-state index is -1.00. The Kier molecular flexibility index (Phi) is 10.9. The van der Waals surface area contributed by atoms with E-state index < -0.39 is 12.6 Å². The second-order valence-corrected chi connectivity index (χ2v) is 11.3. The van der Waals surface area contributed by atoms with Crippen LogP contribution in [0, 0.1) is 11.3 Å². The predicted octanol–water partition coefficient (Wildman–Crippen LogP) is 4.91. The number of aromatic carboxylic acids is 1. The van der Waals surface area contributed by atoms with E-state index in [0.717, 1.165) is 58.2 Å². The fourth-order valence-electron chi connectivity index (χ4n) is 5.09. The lowest BCUT2D eigenvalue weighted by Gasteiger charge is -2.27. The van der Waals surface area contributed by atoms with Crippen LogP contribution in [0.15, 0.2) is 48.1 Å². The molecule has 204 valence electrons. The zero-order valence-corrected chi connectivity index (χ0v) is 22.7. The molecule has 7 heteroatoms. The van der Waals surface area contributed by atoms with Crippen molar-refractivity contribution in [3.8, 4) is 0 Å². The molecule has 1 aromatic carbocycles. The van der Waals surface area contributed by atoms with Crippen LogP contribution in [0.1, 0.15) is 69.7 Å². The number of likely N-dealkylation sites (tertiary alicyclic amines) is 1. The lowest BCUT2D eigenvalue weighted by atomic mass is 9.83. The molecule has 2 unspecified atom stereocenters. The molecule has 2 N–H and O–H groups in total. The smallest absolute Gasteiger partial charge is 0.335 e. The van der Waals surface area contributed by atoms with Gasteiger partial charge in [0, 0.05) is 18.8 Å². The van der Waals surface area contributed by atoms with Crippen LogP contribution < -0.4 is 4.90 Å². The number of rotatable bonds is 7. The highest BCUT2D eigenvalue weighted by molar-refractivity contribution is 5.95. The summed E-state index contributed by atoms with van der Waals surface area (Å²) in [5.41, 5.74) is 2.38. The molecule has 0 aromatic heterocycles. The Morgan fingerprint density at radius 1 is 1.14 bits per heavy atom. The standard InChI is InChI=1S/C30H44N2O5/c1-23-12-15-30(2,3)16-13-24(7-5-19-37-23)20-31-17-4-6-25(14-18-31)21-32(28(34)22-33)27-10-8-26(9-11-27)29(35)36/h5,7-11,13,23,25,33H,4,6,12,14-22H2,1-3H3,(H,35,36)/b7-5-,24-13+. The average molecular weight is 513 g/mol. The fourth-order valence-corrected chi connectivity index (χ4v) is 5.09. The Morgan fingerprint density at radius 3 is 2.59 bits per heavy atom. The molecule has 2 heterocycles. The number of amides is 1. The van der Waals surface area contributed by atoms with Gasteiger partial charge in [0.05, 0.1) is 18.3 Å². The van der Waals surface area contributed by atoms with E-state index in [2.05, 4.69) is 43.9 Å². The number of aliphatic hydroxyl groups excluding tert-OH is 1. The minimum absolute atomic E-state index is 0.175. The van der Waals surface area contributed by atoms with Crippen molar-refractivity contribution in [2.24, 2.45) is 11.3 Å². The number of hydrogen-bond acceptors (Lipinski definition) is 5. The maximum atomic E-state index is 12.6. The molecule has 0 spiro atoms. The van der Waals surface area contributed by atoms with Crippen LogP contribution in [0.2, 0.25) is 0 Å². The van der Waals surface area contributed by atoms with Crippen molar-refractivity contribution < 1.29 is 24.5 Å². The van der Waals surface area contributed by atoms with E-state index in [1.54, 1.807) is 17.0 Å². The van der Waals surface area contributed by atoms with Gasteiger partial charge in [-0.3, -0.25) is 9.69 Å². The summed E-state index contributed by atoms with van der Waals surface area (Å²) in [4.78, 5) is 27.8. The van der Waals surface area contributed by atoms with Gasteiger partial charge in [0.2, 0.25) is 0 Å². The Balaban J connectivity index is 1.63. The van der Waals surface area contributed by atoms with Gasteiger partial charge < -0.3 is 19.8 Å². The third-order valence-electron chi connectivity index (χ3n) is 7.60. The number of carbonyl (C=O) groups is 2. The zero-order chi connectivity index (χ0) is 26.8. The van der Waals surface area contributed by atoms with Crippen molar-refractivity contribution in [1.82, 2.24) is 4.90 Å². The summed E-state index contributed by atoms with van der Waals surface area (Å²) in [7, 11) is 0. The van der Waals surface area contributed by atoms with E-state index in [9.17, 15) is 14.7 Å². The molecule has 1 fully saturated rings. The number of aliphatic hydroxyl groups is 1. The van der Waals surface area contributed by atoms with Crippen LogP contribution in [0.4, 0.5) is 5.69 Å². The number of carbonyl (C=O) groups excluding carboxylic acids is 1. The summed E-state index contributed by atoms with van der Waals surface area (Å²) in [5.74, 6) is -1.06. The average Bonchev–Trinajstić information content (AvgIpc) is 3.12. The van der Waals surface area contributed by atoms with Gasteiger partial charge in [0.25, 0.3) is 5.91 Å². The molecule has 2 aliphatic rings. The Bertz CT molecular complexity index is 953. The van der Waals surface area contributed by atoms with Crippen LogP contribution in [0.25, 0.3) is 0 Å². The van der Waals surface area contributed by atoms with E-state index in [0.29, 0.717) is 24.8 Å². The number of allylic oxidation sites excluding steroid dienone is 1. The highest BCUT2D eigenvalue weighted by Crippen LogP contribution is 2.30. The molecule has 1 amide bonds. The number of carboxylic acids is 1. The molecule has 7 nitrogen and oxygen atoms in total. The summed E-state index contributed by atoms with van der Waals surface area (Å²) in [6.45, 7) is 10.3. The van der Waals surface area contributed by atoms with Gasteiger partial charge in [-0.2, -0.15) is 0 Å². The number of ether oxygens (including phenoxy) is 1.